The van der Waals surface area contributed by atoms with Crippen molar-refractivity contribution in [2.24, 2.45) is 0 Å². The molecule has 1 aromatic rings. The number of allylic oxidation sites excluding steroid dienone is 1. The lowest BCUT2D eigenvalue weighted by atomic mass is 9.85. The van der Waals surface area contributed by atoms with E-state index in [9.17, 15) is 9.59 Å². The fourth-order valence-corrected chi connectivity index (χ4v) is 2.81. The first-order chi connectivity index (χ1) is 11.3. The number of amides is 2. The number of carbonyl (C=O) groups is 2. The minimum atomic E-state index is -0.583. The third-order valence-corrected chi connectivity index (χ3v) is 4.16. The monoisotopic (exact) mass is 350 g/mol. The Kier molecular flexibility index (Phi) is 5.54. The highest BCUT2D eigenvalue weighted by Gasteiger charge is 2.33. The zero-order chi connectivity index (χ0) is 17.9. The van der Waals surface area contributed by atoms with Crippen molar-refractivity contribution in [3.63, 3.8) is 0 Å². The van der Waals surface area contributed by atoms with E-state index in [0.29, 0.717) is 11.3 Å². The van der Waals surface area contributed by atoms with Crippen molar-refractivity contribution in [3.05, 3.63) is 46.7 Å². The van der Waals surface area contributed by atoms with Crippen molar-refractivity contribution in [3.8, 4) is 0 Å². The molecule has 0 aliphatic carbocycles. The van der Waals surface area contributed by atoms with Gasteiger partial charge in [-0.25, -0.2) is 9.59 Å². The molecule has 24 heavy (non-hydrogen) atoms. The summed E-state index contributed by atoms with van der Waals surface area (Å²) in [6.45, 7) is 8.37. The lowest BCUT2D eigenvalue weighted by Crippen LogP contribution is -2.46. The number of esters is 1. The van der Waals surface area contributed by atoms with Gasteiger partial charge in [0.2, 0.25) is 0 Å². The summed E-state index contributed by atoms with van der Waals surface area (Å²) in [5, 5.41) is 5.36. The molecule has 1 aliphatic heterocycles. The molecule has 1 aromatic carbocycles. The first-order valence-corrected chi connectivity index (χ1v) is 8.45. The van der Waals surface area contributed by atoms with Crippen molar-refractivity contribution < 1.29 is 14.3 Å². The van der Waals surface area contributed by atoms with Gasteiger partial charge in [0, 0.05) is 5.70 Å². The number of rotatable bonds is 4. The lowest BCUT2D eigenvalue weighted by Gasteiger charge is -2.29. The number of ether oxygens (including phenoxy) is 1. The lowest BCUT2D eigenvalue weighted by molar-refractivity contribution is -0.139. The Balaban J connectivity index is 2.44. The standard InChI is InChI=1S/C18H23ClN2O3/c1-5-24-16(22)14-13(10-19)20-17(23)21-15(14)11-6-8-12(9-7-11)18(2,3)4/h6-9,15H,5,10H2,1-4H3,(H2,20,21,23)/t15-/m1/s1. The smallest absolute Gasteiger partial charge is 0.338 e. The fourth-order valence-electron chi connectivity index (χ4n) is 2.60. The van der Waals surface area contributed by atoms with Crippen LogP contribution in [-0.4, -0.2) is 24.5 Å². The first-order valence-electron chi connectivity index (χ1n) is 7.92. The maximum Gasteiger partial charge on any atom is 0.338 e. The quantitative estimate of drug-likeness (QED) is 0.646. The summed E-state index contributed by atoms with van der Waals surface area (Å²) in [6.07, 6.45) is 0. The molecule has 2 N–H and O–H groups in total. The molecule has 0 fully saturated rings. The van der Waals surface area contributed by atoms with Gasteiger partial charge in [-0.2, -0.15) is 0 Å². The molecule has 5 nitrogen and oxygen atoms in total. The van der Waals surface area contributed by atoms with Crippen LogP contribution in [0.25, 0.3) is 0 Å². The van der Waals surface area contributed by atoms with E-state index >= 15 is 0 Å². The molecule has 1 atom stereocenters. The molecular weight excluding hydrogens is 328 g/mol. The van der Waals surface area contributed by atoms with E-state index in [4.69, 9.17) is 16.3 Å². The van der Waals surface area contributed by atoms with Crippen LogP contribution in [0.2, 0.25) is 0 Å². The van der Waals surface area contributed by atoms with Crippen LogP contribution in [0.5, 0.6) is 0 Å². The molecule has 0 saturated heterocycles. The predicted octanol–water partition coefficient (Wildman–Crippen LogP) is 3.39. The normalized spacial score (nSPS) is 18.0. The molecule has 0 radical (unpaired) electrons. The van der Waals surface area contributed by atoms with Crippen molar-refractivity contribution in [1.82, 2.24) is 10.6 Å². The second-order valence-electron chi connectivity index (χ2n) is 6.65. The van der Waals surface area contributed by atoms with Gasteiger partial charge in [0.1, 0.15) is 0 Å². The summed E-state index contributed by atoms with van der Waals surface area (Å²) >= 11 is 5.91. The van der Waals surface area contributed by atoms with Crippen molar-refractivity contribution in [1.29, 1.82) is 0 Å². The summed E-state index contributed by atoms with van der Waals surface area (Å²) in [7, 11) is 0. The van der Waals surface area contributed by atoms with E-state index in [1.54, 1.807) is 6.92 Å². The summed E-state index contributed by atoms with van der Waals surface area (Å²) in [4.78, 5) is 24.3. The van der Waals surface area contributed by atoms with Gasteiger partial charge < -0.3 is 15.4 Å². The zero-order valence-corrected chi connectivity index (χ0v) is 15.2. The number of nitrogens with one attached hydrogen (secondary N) is 2. The van der Waals surface area contributed by atoms with E-state index in [0.717, 1.165) is 5.56 Å². The SMILES string of the molecule is CCOC(=O)C1=C(CCl)NC(=O)N[C@@H]1c1ccc(C(C)(C)C)cc1. The molecule has 0 saturated carbocycles. The number of halogens is 1. The highest BCUT2D eigenvalue weighted by Crippen LogP contribution is 2.30. The van der Waals surface area contributed by atoms with Gasteiger partial charge in [0.15, 0.2) is 0 Å². The zero-order valence-electron chi connectivity index (χ0n) is 14.4. The van der Waals surface area contributed by atoms with Gasteiger partial charge in [-0.15, -0.1) is 11.6 Å². The molecule has 1 heterocycles. The van der Waals surface area contributed by atoms with E-state index in [1.165, 1.54) is 5.56 Å². The molecule has 0 unspecified atom stereocenters. The maximum atomic E-state index is 12.4. The van der Waals surface area contributed by atoms with E-state index in [1.807, 2.05) is 24.3 Å². The third kappa shape index (κ3) is 3.90. The summed E-state index contributed by atoms with van der Waals surface area (Å²) < 4.78 is 5.13. The Bertz CT molecular complexity index is 660. The third-order valence-electron chi connectivity index (χ3n) is 3.89. The summed E-state index contributed by atoms with van der Waals surface area (Å²) in [6, 6.07) is 6.88. The second-order valence-corrected chi connectivity index (χ2v) is 6.92. The molecule has 1 aliphatic rings. The van der Waals surface area contributed by atoms with E-state index in [2.05, 4.69) is 31.4 Å². The number of hydrogen-bond donors (Lipinski definition) is 2. The van der Waals surface area contributed by atoms with Crippen molar-refractivity contribution >= 4 is 23.6 Å². The largest absolute Gasteiger partial charge is 0.463 e. The van der Waals surface area contributed by atoms with Gasteiger partial charge >= 0.3 is 12.0 Å². The Hall–Kier alpha value is -2.01. The van der Waals surface area contributed by atoms with Crippen LogP contribution in [0.4, 0.5) is 4.79 Å². The molecule has 2 rings (SSSR count). The summed E-state index contributed by atoms with van der Waals surface area (Å²) in [5.74, 6) is -0.455. The number of carbonyl (C=O) groups excluding carboxylic acids is 2. The Labute approximate surface area is 147 Å². The minimum Gasteiger partial charge on any atom is -0.463 e. The highest BCUT2D eigenvalue weighted by molar-refractivity contribution is 6.20. The van der Waals surface area contributed by atoms with Crippen LogP contribution in [0.1, 0.15) is 44.9 Å². The fraction of sp³-hybridized carbons (Fsp3) is 0.444. The van der Waals surface area contributed by atoms with Crippen LogP contribution in [-0.2, 0) is 14.9 Å². The Morgan fingerprint density at radius 2 is 1.88 bits per heavy atom. The van der Waals surface area contributed by atoms with E-state index < -0.39 is 12.0 Å². The Morgan fingerprint density at radius 1 is 1.25 bits per heavy atom. The second kappa shape index (κ2) is 7.26. The number of hydrogen-bond acceptors (Lipinski definition) is 3. The van der Waals surface area contributed by atoms with Crippen LogP contribution in [0.3, 0.4) is 0 Å². The van der Waals surface area contributed by atoms with Crippen molar-refractivity contribution in [2.45, 2.75) is 39.2 Å². The van der Waals surface area contributed by atoms with Crippen molar-refractivity contribution in [2.75, 3.05) is 12.5 Å². The molecule has 0 spiro atoms. The van der Waals surface area contributed by atoms with Crippen LogP contribution in [0, 0.1) is 0 Å². The predicted molar refractivity (Wildman–Crippen MR) is 93.9 cm³/mol. The van der Waals surface area contributed by atoms with Gasteiger partial charge in [0.25, 0.3) is 0 Å². The van der Waals surface area contributed by atoms with Crippen LogP contribution < -0.4 is 10.6 Å². The minimum absolute atomic E-state index is 0.0248. The number of urea groups is 1. The number of benzene rings is 1. The molecular formula is C18H23ClN2O3. The molecule has 130 valence electrons. The van der Waals surface area contributed by atoms with Gasteiger partial charge in [-0.3, -0.25) is 0 Å². The molecule has 0 bridgehead atoms. The number of alkyl halides is 1. The molecule has 2 amide bonds. The maximum absolute atomic E-state index is 12.4. The van der Waals surface area contributed by atoms with Gasteiger partial charge in [-0.1, -0.05) is 45.0 Å². The van der Waals surface area contributed by atoms with Crippen LogP contribution in [0.15, 0.2) is 35.5 Å². The molecule has 6 heteroatoms. The Morgan fingerprint density at radius 3 is 2.38 bits per heavy atom. The van der Waals surface area contributed by atoms with Crippen LogP contribution >= 0.6 is 11.6 Å². The summed E-state index contributed by atoms with van der Waals surface area (Å²) in [5.41, 5.74) is 2.73. The van der Waals surface area contributed by atoms with Gasteiger partial charge in [0.05, 0.1) is 24.1 Å². The van der Waals surface area contributed by atoms with Gasteiger partial charge in [-0.05, 0) is 23.5 Å². The molecule has 0 aromatic heterocycles. The average Bonchev–Trinajstić information content (AvgIpc) is 2.53. The first kappa shape index (κ1) is 18.3. The van der Waals surface area contributed by atoms with E-state index in [-0.39, 0.29) is 23.9 Å². The average molecular weight is 351 g/mol. The highest BCUT2D eigenvalue weighted by atomic mass is 35.5. The topological polar surface area (TPSA) is 67.4 Å².